The summed E-state index contributed by atoms with van der Waals surface area (Å²) in [6.07, 6.45) is 0. The van der Waals surface area contributed by atoms with Gasteiger partial charge >= 0.3 is 0 Å². The molecule has 1 amide bonds. The number of hydrogen-bond donors (Lipinski definition) is 2. The summed E-state index contributed by atoms with van der Waals surface area (Å²) in [6.45, 7) is 4.74. The van der Waals surface area contributed by atoms with Gasteiger partial charge in [0.25, 0.3) is 10.0 Å². The van der Waals surface area contributed by atoms with Crippen molar-refractivity contribution in [2.45, 2.75) is 25.7 Å². The van der Waals surface area contributed by atoms with E-state index in [0.717, 1.165) is 0 Å². The Kier molecular flexibility index (Phi) is 6.04. The van der Waals surface area contributed by atoms with Crippen molar-refractivity contribution in [1.82, 2.24) is 5.16 Å². The average Bonchev–Trinajstić information content (AvgIpc) is 3.04. The van der Waals surface area contributed by atoms with Crippen molar-refractivity contribution in [3.05, 3.63) is 52.7 Å². The molecule has 0 aliphatic carbocycles. The van der Waals surface area contributed by atoms with Gasteiger partial charge in [-0.1, -0.05) is 28.9 Å². The molecule has 3 aromatic rings. The Morgan fingerprint density at radius 3 is 2.60 bits per heavy atom. The lowest BCUT2D eigenvalue weighted by atomic mass is 10.1. The predicted octanol–water partition coefficient (Wildman–Crippen LogP) is 4.38. The molecule has 0 spiro atoms. The zero-order chi connectivity index (χ0) is 22.1. The van der Waals surface area contributed by atoms with Gasteiger partial charge in [-0.25, -0.2) is 8.42 Å². The molecule has 0 fully saturated rings. The molecule has 1 heterocycles. The van der Waals surface area contributed by atoms with E-state index in [1.807, 2.05) is 0 Å². The number of benzene rings is 2. The fraction of sp³-hybridized carbons (Fsp3) is 0.200. The number of nitrogens with zero attached hydrogens (tertiary/aromatic N) is 1. The van der Waals surface area contributed by atoms with Gasteiger partial charge in [-0.3, -0.25) is 14.8 Å². The van der Waals surface area contributed by atoms with E-state index in [4.69, 9.17) is 20.9 Å². The maximum Gasteiger partial charge on any atom is 0.265 e. The average molecular weight is 450 g/mol. The monoisotopic (exact) mass is 449 g/mol. The Balaban J connectivity index is 2.11. The molecule has 10 heteroatoms. The van der Waals surface area contributed by atoms with Gasteiger partial charge in [0.05, 0.1) is 24.1 Å². The van der Waals surface area contributed by atoms with Crippen LogP contribution in [0.5, 0.6) is 5.75 Å². The van der Waals surface area contributed by atoms with E-state index in [2.05, 4.69) is 15.2 Å². The lowest BCUT2D eigenvalue weighted by Crippen LogP contribution is -2.15. The molecular weight excluding hydrogens is 430 g/mol. The first kappa shape index (κ1) is 21.7. The molecule has 0 aliphatic rings. The molecule has 0 atom stereocenters. The van der Waals surface area contributed by atoms with Gasteiger partial charge in [0, 0.05) is 11.9 Å². The van der Waals surface area contributed by atoms with Gasteiger partial charge in [-0.15, -0.1) is 0 Å². The van der Waals surface area contributed by atoms with E-state index in [-0.39, 0.29) is 22.4 Å². The first-order valence-corrected chi connectivity index (χ1v) is 10.7. The number of ether oxygens (including phenoxy) is 1. The number of carbonyl (C=O) groups is 1. The third-order valence-corrected chi connectivity index (χ3v) is 6.20. The van der Waals surface area contributed by atoms with Crippen molar-refractivity contribution in [3.8, 4) is 16.9 Å². The highest BCUT2D eigenvalue weighted by molar-refractivity contribution is 7.92. The molecule has 0 unspecified atom stereocenters. The highest BCUT2D eigenvalue weighted by atomic mass is 35.5. The molecular formula is C20H20ClN3O5S. The lowest BCUT2D eigenvalue weighted by Gasteiger charge is -2.15. The topological polar surface area (TPSA) is 111 Å². The minimum atomic E-state index is -4.03. The number of sulfonamides is 1. The van der Waals surface area contributed by atoms with Crippen molar-refractivity contribution in [2.75, 3.05) is 17.1 Å². The summed E-state index contributed by atoms with van der Waals surface area (Å²) in [5.41, 5.74) is 2.41. The van der Waals surface area contributed by atoms with Crippen molar-refractivity contribution in [1.29, 1.82) is 0 Å². The van der Waals surface area contributed by atoms with Crippen LogP contribution in [0, 0.1) is 13.8 Å². The first-order valence-electron chi connectivity index (χ1n) is 8.84. The Bertz CT molecular complexity index is 1220. The number of rotatable bonds is 6. The summed E-state index contributed by atoms with van der Waals surface area (Å²) in [6, 6.07) is 9.57. The van der Waals surface area contributed by atoms with E-state index in [1.54, 1.807) is 38.1 Å². The number of nitrogens with one attached hydrogen (secondary N) is 2. The zero-order valence-corrected chi connectivity index (χ0v) is 18.3. The van der Waals surface area contributed by atoms with Crippen LogP contribution in [0.25, 0.3) is 11.1 Å². The summed E-state index contributed by atoms with van der Waals surface area (Å²) in [7, 11) is -2.65. The predicted molar refractivity (Wildman–Crippen MR) is 115 cm³/mol. The molecule has 3 rings (SSSR count). The highest BCUT2D eigenvalue weighted by Crippen LogP contribution is 2.36. The second-order valence-corrected chi connectivity index (χ2v) is 8.59. The Hall–Kier alpha value is -3.04. The number of aryl methyl sites for hydroxylation is 1. The maximum atomic E-state index is 13.2. The fourth-order valence-corrected chi connectivity index (χ4v) is 4.41. The largest absolute Gasteiger partial charge is 0.495 e. The highest BCUT2D eigenvalue weighted by Gasteiger charge is 2.24. The minimum absolute atomic E-state index is 0.0868. The van der Waals surface area contributed by atoms with Crippen molar-refractivity contribution >= 4 is 39.1 Å². The number of methoxy groups -OCH3 is 1. The summed E-state index contributed by atoms with van der Waals surface area (Å²) in [5.74, 6) is -0.0554. The standard InChI is InChI=1S/C20H20ClN3O5S/c1-11-15(21)6-5-7-16(11)24-30(26,27)18-10-14(8-9-17(18)28-4)19-12(2)23-29-20(19)22-13(3)25/h5-10,24H,1-4H3,(H,22,25). The van der Waals surface area contributed by atoms with E-state index in [0.29, 0.717) is 33.1 Å². The molecule has 0 saturated heterocycles. The van der Waals surface area contributed by atoms with E-state index < -0.39 is 10.0 Å². The van der Waals surface area contributed by atoms with E-state index in [9.17, 15) is 13.2 Å². The van der Waals surface area contributed by atoms with Crippen LogP contribution in [0.15, 0.2) is 45.8 Å². The SMILES string of the molecule is COc1ccc(-c2c(C)noc2NC(C)=O)cc1S(=O)(=O)Nc1cccc(Cl)c1C. The smallest absolute Gasteiger partial charge is 0.265 e. The number of hydrogen-bond acceptors (Lipinski definition) is 6. The molecule has 0 bridgehead atoms. The molecule has 0 aliphatic heterocycles. The Labute approximate surface area is 179 Å². The molecule has 0 radical (unpaired) electrons. The van der Waals surface area contributed by atoms with Crippen molar-refractivity contribution < 1.29 is 22.5 Å². The van der Waals surface area contributed by atoms with Crippen molar-refractivity contribution in [3.63, 3.8) is 0 Å². The minimum Gasteiger partial charge on any atom is -0.495 e. The van der Waals surface area contributed by atoms with Gasteiger partial charge in [0.15, 0.2) is 0 Å². The van der Waals surface area contributed by atoms with Crippen molar-refractivity contribution in [2.24, 2.45) is 0 Å². The van der Waals surface area contributed by atoms with Crippen LogP contribution < -0.4 is 14.8 Å². The van der Waals surface area contributed by atoms with Gasteiger partial charge in [0.2, 0.25) is 11.8 Å². The third-order valence-electron chi connectivity index (χ3n) is 4.41. The molecule has 158 valence electrons. The van der Waals surface area contributed by atoms with Gasteiger partial charge < -0.3 is 9.26 Å². The molecule has 0 saturated carbocycles. The van der Waals surface area contributed by atoms with Crippen LogP contribution in [0.1, 0.15) is 18.2 Å². The molecule has 2 aromatic carbocycles. The second kappa shape index (κ2) is 8.37. The van der Waals surface area contributed by atoms with E-state index >= 15 is 0 Å². The quantitative estimate of drug-likeness (QED) is 0.577. The van der Waals surface area contributed by atoms with Crippen LogP contribution in [0.4, 0.5) is 11.6 Å². The third kappa shape index (κ3) is 4.27. The maximum absolute atomic E-state index is 13.2. The summed E-state index contributed by atoms with van der Waals surface area (Å²) >= 11 is 6.10. The van der Waals surface area contributed by atoms with Crippen LogP contribution >= 0.6 is 11.6 Å². The summed E-state index contributed by atoms with van der Waals surface area (Å²) in [5, 5.41) is 6.86. The molecule has 8 nitrogen and oxygen atoms in total. The van der Waals surface area contributed by atoms with Crippen LogP contribution in [0.2, 0.25) is 5.02 Å². The Morgan fingerprint density at radius 1 is 1.20 bits per heavy atom. The number of halogens is 1. The lowest BCUT2D eigenvalue weighted by molar-refractivity contribution is -0.114. The molecule has 1 aromatic heterocycles. The van der Waals surface area contributed by atoms with Crippen LogP contribution in [-0.4, -0.2) is 26.6 Å². The van der Waals surface area contributed by atoms with Crippen LogP contribution in [-0.2, 0) is 14.8 Å². The summed E-state index contributed by atoms with van der Waals surface area (Å²) < 4.78 is 39.3. The normalized spacial score (nSPS) is 11.2. The van der Waals surface area contributed by atoms with Gasteiger partial charge in [-0.05, 0) is 49.2 Å². The Morgan fingerprint density at radius 2 is 1.93 bits per heavy atom. The number of carbonyl (C=O) groups excluding carboxylic acids is 1. The van der Waals surface area contributed by atoms with Gasteiger partial charge in [-0.2, -0.15) is 0 Å². The number of aromatic nitrogens is 1. The van der Waals surface area contributed by atoms with Gasteiger partial charge in [0.1, 0.15) is 10.6 Å². The van der Waals surface area contributed by atoms with Crippen LogP contribution in [0.3, 0.4) is 0 Å². The fourth-order valence-electron chi connectivity index (χ4n) is 2.91. The number of anilines is 2. The summed E-state index contributed by atoms with van der Waals surface area (Å²) in [4.78, 5) is 11.4. The molecule has 2 N–H and O–H groups in total. The van der Waals surface area contributed by atoms with E-state index in [1.165, 1.54) is 26.2 Å². The second-order valence-electron chi connectivity index (χ2n) is 6.54. The number of amides is 1. The first-order chi connectivity index (χ1) is 14.1. The molecule has 30 heavy (non-hydrogen) atoms. The zero-order valence-electron chi connectivity index (χ0n) is 16.7.